The van der Waals surface area contributed by atoms with Crippen molar-refractivity contribution in [3.05, 3.63) is 127 Å². The molecule has 0 spiro atoms. The number of rotatable bonds is 10. The molecule has 0 aliphatic carbocycles. The van der Waals surface area contributed by atoms with Gasteiger partial charge >= 0.3 is 0 Å². The molecule has 190 valence electrons. The van der Waals surface area contributed by atoms with E-state index in [4.69, 9.17) is 0 Å². The number of benzene rings is 4. The Bertz CT molecular complexity index is 1430. The normalized spacial score (nSPS) is 10.8. The lowest BCUT2D eigenvalue weighted by molar-refractivity contribution is -0.117. The topological polar surface area (TPSA) is 63.1 Å². The number of aryl methyl sites for hydroxylation is 1. The molecule has 0 saturated heterocycles. The Kier molecular flexibility index (Phi) is 8.16. The van der Waals surface area contributed by atoms with Gasteiger partial charge in [-0.05, 0) is 55.0 Å². The van der Waals surface area contributed by atoms with Crippen molar-refractivity contribution < 1.29 is 4.79 Å². The highest BCUT2D eigenvalue weighted by atomic mass is 32.2. The number of anilines is 3. The summed E-state index contributed by atoms with van der Waals surface area (Å²) in [7, 11) is 0. The summed E-state index contributed by atoms with van der Waals surface area (Å²) in [6.07, 6.45) is 0.354. The first kappa shape index (κ1) is 25.3. The Morgan fingerprint density at radius 3 is 2.00 bits per heavy atom. The van der Waals surface area contributed by atoms with E-state index >= 15 is 0 Å². The van der Waals surface area contributed by atoms with Crippen LogP contribution in [0.4, 0.5) is 17.1 Å². The number of hydrogen-bond donors (Lipinski definition) is 1. The highest BCUT2D eigenvalue weighted by Gasteiger charge is 2.19. The van der Waals surface area contributed by atoms with E-state index in [1.807, 2.05) is 103 Å². The fourth-order valence-electron chi connectivity index (χ4n) is 4.22. The first-order valence-corrected chi connectivity index (χ1v) is 13.5. The number of hydrogen-bond acceptors (Lipinski definition) is 5. The molecule has 1 N–H and O–H groups in total. The zero-order chi connectivity index (χ0) is 26.2. The molecule has 38 heavy (non-hydrogen) atoms. The molecule has 0 radical (unpaired) electrons. The van der Waals surface area contributed by atoms with Gasteiger partial charge in [0.2, 0.25) is 5.91 Å². The third kappa shape index (κ3) is 5.95. The summed E-state index contributed by atoms with van der Waals surface area (Å²) in [6, 6.07) is 37.8. The average molecular weight is 520 g/mol. The predicted octanol–water partition coefficient (Wildman–Crippen LogP) is 7.03. The van der Waals surface area contributed by atoms with Crippen molar-refractivity contribution >= 4 is 34.7 Å². The maximum atomic E-state index is 13.4. The quantitative estimate of drug-likeness (QED) is 0.201. The number of thioether (sulfide) groups is 1. The molecule has 1 amide bonds. The molecule has 0 unspecified atom stereocenters. The Balaban J connectivity index is 1.33. The number of aromatic nitrogens is 3. The molecule has 6 nitrogen and oxygen atoms in total. The van der Waals surface area contributed by atoms with Crippen molar-refractivity contribution in [1.82, 2.24) is 14.8 Å². The molecule has 0 aliphatic rings. The van der Waals surface area contributed by atoms with Crippen LogP contribution in [0.2, 0.25) is 0 Å². The van der Waals surface area contributed by atoms with Crippen molar-refractivity contribution in [3.63, 3.8) is 0 Å². The highest BCUT2D eigenvalue weighted by molar-refractivity contribution is 7.99. The Labute approximate surface area is 227 Å². The first-order chi connectivity index (χ1) is 18.7. The van der Waals surface area contributed by atoms with E-state index in [-0.39, 0.29) is 5.91 Å². The molecule has 0 saturated carbocycles. The maximum Gasteiger partial charge on any atom is 0.232 e. The number of para-hydroxylation sites is 4. The Morgan fingerprint density at radius 1 is 0.789 bits per heavy atom. The van der Waals surface area contributed by atoms with Crippen LogP contribution in [0.3, 0.4) is 0 Å². The number of carbonyl (C=O) groups is 1. The van der Waals surface area contributed by atoms with Gasteiger partial charge in [-0.2, -0.15) is 0 Å². The standard InChI is InChI=1S/C31H29N5OS/c1-24-13-11-12-20-28(24)32-23-29-33-34-31(36(29)27-18-9-4-10-19-27)38-22-21-30(37)35(25-14-5-2-6-15-25)26-16-7-3-8-17-26/h2-20,32H,21-23H2,1H3. The van der Waals surface area contributed by atoms with Crippen molar-refractivity contribution in [2.24, 2.45) is 0 Å². The molecule has 0 atom stereocenters. The van der Waals surface area contributed by atoms with E-state index in [2.05, 4.69) is 39.1 Å². The fourth-order valence-corrected chi connectivity index (χ4v) is 5.12. The van der Waals surface area contributed by atoms with Gasteiger partial charge < -0.3 is 5.32 Å². The van der Waals surface area contributed by atoms with E-state index in [1.54, 1.807) is 4.90 Å². The van der Waals surface area contributed by atoms with Gasteiger partial charge in [0.1, 0.15) is 0 Å². The number of nitrogens with one attached hydrogen (secondary N) is 1. The first-order valence-electron chi connectivity index (χ1n) is 12.6. The third-order valence-electron chi connectivity index (χ3n) is 6.12. The lowest BCUT2D eigenvalue weighted by Gasteiger charge is -2.23. The predicted molar refractivity (Wildman–Crippen MR) is 155 cm³/mol. The van der Waals surface area contributed by atoms with E-state index in [0.29, 0.717) is 18.7 Å². The zero-order valence-corrected chi connectivity index (χ0v) is 22.0. The SMILES string of the molecule is Cc1ccccc1NCc1nnc(SCCC(=O)N(c2ccccc2)c2ccccc2)n1-c1ccccc1. The molecule has 1 heterocycles. The minimum atomic E-state index is 0.0297. The van der Waals surface area contributed by atoms with Gasteiger partial charge in [-0.25, -0.2) is 0 Å². The Morgan fingerprint density at radius 2 is 1.37 bits per heavy atom. The van der Waals surface area contributed by atoms with Crippen LogP contribution in [-0.4, -0.2) is 26.4 Å². The molecule has 5 aromatic rings. The zero-order valence-electron chi connectivity index (χ0n) is 21.2. The van der Waals surface area contributed by atoms with Crippen LogP contribution in [-0.2, 0) is 11.3 Å². The van der Waals surface area contributed by atoms with Gasteiger partial charge in [-0.15, -0.1) is 10.2 Å². The van der Waals surface area contributed by atoms with Crippen LogP contribution < -0.4 is 10.2 Å². The monoisotopic (exact) mass is 519 g/mol. The molecular weight excluding hydrogens is 490 g/mol. The second-order valence-corrected chi connectivity index (χ2v) is 9.80. The van der Waals surface area contributed by atoms with E-state index in [0.717, 1.165) is 33.7 Å². The van der Waals surface area contributed by atoms with Gasteiger partial charge in [-0.1, -0.05) is 84.6 Å². The summed E-state index contributed by atoms with van der Waals surface area (Å²) < 4.78 is 2.06. The summed E-state index contributed by atoms with van der Waals surface area (Å²) in [5.41, 5.74) is 4.93. The average Bonchev–Trinajstić information content (AvgIpc) is 3.37. The van der Waals surface area contributed by atoms with Crippen LogP contribution in [0.1, 0.15) is 17.8 Å². The van der Waals surface area contributed by atoms with Crippen molar-refractivity contribution in [3.8, 4) is 5.69 Å². The lowest BCUT2D eigenvalue weighted by Crippen LogP contribution is -2.26. The van der Waals surface area contributed by atoms with Gasteiger partial charge in [-0.3, -0.25) is 14.3 Å². The minimum absolute atomic E-state index is 0.0297. The van der Waals surface area contributed by atoms with Crippen LogP contribution in [0.15, 0.2) is 120 Å². The lowest BCUT2D eigenvalue weighted by atomic mass is 10.2. The molecule has 0 aliphatic heterocycles. The second kappa shape index (κ2) is 12.3. The van der Waals surface area contributed by atoms with Crippen LogP contribution >= 0.6 is 11.8 Å². The van der Waals surface area contributed by atoms with Crippen molar-refractivity contribution in [1.29, 1.82) is 0 Å². The van der Waals surface area contributed by atoms with Crippen molar-refractivity contribution in [2.45, 2.75) is 25.0 Å². The summed E-state index contributed by atoms with van der Waals surface area (Å²) in [5.74, 6) is 1.41. The third-order valence-corrected chi connectivity index (χ3v) is 7.05. The molecular formula is C31H29N5OS. The summed E-state index contributed by atoms with van der Waals surface area (Å²) >= 11 is 1.54. The van der Waals surface area contributed by atoms with E-state index < -0.39 is 0 Å². The van der Waals surface area contributed by atoms with Crippen LogP contribution in [0.5, 0.6) is 0 Å². The largest absolute Gasteiger partial charge is 0.378 e. The molecule has 5 rings (SSSR count). The van der Waals surface area contributed by atoms with Gasteiger partial charge in [0, 0.05) is 34.9 Å². The number of nitrogens with zero attached hydrogens (tertiary/aromatic N) is 4. The molecule has 7 heteroatoms. The summed E-state index contributed by atoms with van der Waals surface area (Å²) in [4.78, 5) is 15.2. The van der Waals surface area contributed by atoms with E-state index in [9.17, 15) is 4.79 Å². The number of amides is 1. The highest BCUT2D eigenvalue weighted by Crippen LogP contribution is 2.28. The fraction of sp³-hybridized carbons (Fsp3) is 0.129. The minimum Gasteiger partial charge on any atom is -0.378 e. The molecule has 4 aromatic carbocycles. The van der Waals surface area contributed by atoms with E-state index in [1.165, 1.54) is 17.3 Å². The molecule has 1 aromatic heterocycles. The molecule has 0 fully saturated rings. The summed E-state index contributed by atoms with van der Waals surface area (Å²) in [6.45, 7) is 2.61. The van der Waals surface area contributed by atoms with Gasteiger partial charge in [0.25, 0.3) is 0 Å². The van der Waals surface area contributed by atoms with Gasteiger partial charge in [0.15, 0.2) is 11.0 Å². The molecule has 0 bridgehead atoms. The van der Waals surface area contributed by atoms with Crippen LogP contribution in [0, 0.1) is 6.92 Å². The van der Waals surface area contributed by atoms with Crippen LogP contribution in [0.25, 0.3) is 5.69 Å². The summed E-state index contributed by atoms with van der Waals surface area (Å²) in [5, 5.41) is 13.2. The second-order valence-electron chi connectivity index (χ2n) is 8.74. The smallest absolute Gasteiger partial charge is 0.232 e. The van der Waals surface area contributed by atoms with Crippen molar-refractivity contribution in [2.75, 3.05) is 16.0 Å². The number of carbonyl (C=O) groups excluding carboxylic acids is 1. The van der Waals surface area contributed by atoms with Gasteiger partial charge in [0.05, 0.1) is 6.54 Å². The Hall–Kier alpha value is -4.36. The maximum absolute atomic E-state index is 13.4.